The van der Waals surface area contributed by atoms with Crippen molar-refractivity contribution >= 4 is 15.7 Å². The van der Waals surface area contributed by atoms with Crippen LogP contribution < -0.4 is 4.72 Å². The van der Waals surface area contributed by atoms with Crippen molar-refractivity contribution in [3.8, 4) is 0 Å². The lowest BCUT2D eigenvalue weighted by Crippen LogP contribution is -2.28. The smallest absolute Gasteiger partial charge is 0.258 e. The normalized spacial score (nSPS) is 21.3. The topological polar surface area (TPSA) is 89.3 Å². The fourth-order valence-electron chi connectivity index (χ4n) is 2.42. The number of halogens is 1. The Hall–Kier alpha value is -1.54. The van der Waals surface area contributed by atoms with E-state index in [1.807, 2.05) is 6.92 Å². The van der Waals surface area contributed by atoms with E-state index in [1.165, 1.54) is 6.92 Å². The maximum absolute atomic E-state index is 13.4. The Morgan fingerprint density at radius 2 is 2.14 bits per heavy atom. The number of benzene rings is 1. The molecule has 0 spiro atoms. The minimum absolute atomic E-state index is 0.126. The summed E-state index contributed by atoms with van der Waals surface area (Å²) in [6, 6.07) is 1.53. The number of nitro benzene ring substituents is 1. The number of sulfonamides is 1. The van der Waals surface area contributed by atoms with E-state index in [9.17, 15) is 22.9 Å². The summed E-state index contributed by atoms with van der Waals surface area (Å²) in [4.78, 5) is 9.57. The largest absolute Gasteiger partial charge is 0.306 e. The summed E-state index contributed by atoms with van der Waals surface area (Å²) in [5.74, 6) is -0.716. The van der Waals surface area contributed by atoms with Crippen molar-refractivity contribution in [2.24, 2.45) is 5.92 Å². The Kier molecular flexibility index (Phi) is 4.29. The monoisotopic (exact) mass is 316 g/mol. The number of aryl methyl sites for hydroxylation is 1. The van der Waals surface area contributed by atoms with Crippen molar-refractivity contribution in [1.82, 2.24) is 4.72 Å². The molecule has 2 atom stereocenters. The highest BCUT2D eigenvalue weighted by molar-refractivity contribution is 7.89. The van der Waals surface area contributed by atoms with E-state index in [1.54, 1.807) is 0 Å². The van der Waals surface area contributed by atoms with Crippen LogP contribution in [0.1, 0.15) is 31.7 Å². The first kappa shape index (κ1) is 15.8. The summed E-state index contributed by atoms with van der Waals surface area (Å²) < 4.78 is 40.6. The Morgan fingerprint density at radius 3 is 2.71 bits per heavy atom. The molecular formula is C13H17FN2O4S. The Bertz CT molecular complexity index is 675. The van der Waals surface area contributed by atoms with Gasteiger partial charge in [-0.3, -0.25) is 10.1 Å². The summed E-state index contributed by atoms with van der Waals surface area (Å²) in [5.41, 5.74) is -0.680. The summed E-state index contributed by atoms with van der Waals surface area (Å²) in [7, 11) is -3.87. The molecule has 0 saturated heterocycles. The second kappa shape index (κ2) is 5.69. The number of nitrogens with one attached hydrogen (secondary N) is 1. The lowest BCUT2D eigenvalue weighted by atomic mass is 10.2. The molecule has 0 aliphatic heterocycles. The zero-order chi connectivity index (χ0) is 15.8. The molecule has 0 radical (unpaired) electrons. The van der Waals surface area contributed by atoms with Crippen LogP contribution in [0.4, 0.5) is 10.1 Å². The summed E-state index contributed by atoms with van der Waals surface area (Å²) in [6.07, 6.45) is 2.69. The molecule has 1 aromatic carbocycles. The molecule has 2 unspecified atom stereocenters. The Morgan fingerprint density at radius 1 is 1.48 bits per heavy atom. The molecule has 1 fully saturated rings. The maximum atomic E-state index is 13.4. The van der Waals surface area contributed by atoms with Gasteiger partial charge in [0.1, 0.15) is 0 Å². The Balaban J connectivity index is 2.28. The first-order valence-corrected chi connectivity index (χ1v) is 8.21. The van der Waals surface area contributed by atoms with Crippen molar-refractivity contribution < 1.29 is 17.7 Å². The van der Waals surface area contributed by atoms with Gasteiger partial charge in [0, 0.05) is 12.1 Å². The summed E-state index contributed by atoms with van der Waals surface area (Å²) >= 11 is 0. The van der Waals surface area contributed by atoms with Crippen molar-refractivity contribution in [2.75, 3.05) is 0 Å². The van der Waals surface area contributed by atoms with Gasteiger partial charge in [-0.2, -0.15) is 4.39 Å². The minimum Gasteiger partial charge on any atom is -0.258 e. The van der Waals surface area contributed by atoms with E-state index in [4.69, 9.17) is 0 Å². The zero-order valence-corrected chi connectivity index (χ0v) is 12.6. The highest BCUT2D eigenvalue weighted by Gasteiger charge is 2.40. The lowest BCUT2D eigenvalue weighted by molar-refractivity contribution is -0.387. The fourth-order valence-corrected chi connectivity index (χ4v) is 3.98. The van der Waals surface area contributed by atoms with E-state index < -0.39 is 26.5 Å². The summed E-state index contributed by atoms with van der Waals surface area (Å²) in [6.45, 7) is 3.44. The van der Waals surface area contributed by atoms with Gasteiger partial charge in [0.2, 0.25) is 15.8 Å². The van der Waals surface area contributed by atoms with Gasteiger partial charge < -0.3 is 0 Å². The molecule has 1 aromatic rings. The molecule has 0 amide bonds. The van der Waals surface area contributed by atoms with Crippen LogP contribution in [0.15, 0.2) is 17.0 Å². The second-order valence-corrected chi connectivity index (χ2v) is 7.02. The molecular weight excluding hydrogens is 299 g/mol. The number of rotatable bonds is 6. The molecule has 1 aliphatic carbocycles. The van der Waals surface area contributed by atoms with Gasteiger partial charge >= 0.3 is 5.69 Å². The quantitative estimate of drug-likeness (QED) is 0.645. The van der Waals surface area contributed by atoms with E-state index in [2.05, 4.69) is 4.72 Å². The van der Waals surface area contributed by atoms with Crippen LogP contribution in [0.3, 0.4) is 0 Å². The SMILES string of the molecule is CCCC1CC1NS(=O)(=O)c1cc([N+](=O)[O-])c(F)cc1C. The first-order valence-electron chi connectivity index (χ1n) is 6.73. The van der Waals surface area contributed by atoms with E-state index in [-0.39, 0.29) is 16.5 Å². The van der Waals surface area contributed by atoms with Crippen LogP contribution in [-0.4, -0.2) is 19.4 Å². The molecule has 8 heteroatoms. The van der Waals surface area contributed by atoms with Crippen LogP contribution in [0.25, 0.3) is 0 Å². The lowest BCUT2D eigenvalue weighted by Gasteiger charge is -2.09. The van der Waals surface area contributed by atoms with Crippen LogP contribution in [0, 0.1) is 28.8 Å². The number of hydrogen-bond donors (Lipinski definition) is 1. The number of nitrogens with zero attached hydrogens (tertiary/aromatic N) is 1. The molecule has 0 heterocycles. The van der Waals surface area contributed by atoms with Gasteiger partial charge in [0.15, 0.2) is 0 Å². The molecule has 1 aliphatic rings. The second-order valence-electron chi connectivity index (χ2n) is 5.34. The summed E-state index contributed by atoms with van der Waals surface area (Å²) in [5, 5.41) is 10.7. The average Bonchev–Trinajstić information content (AvgIpc) is 3.05. The number of hydrogen-bond acceptors (Lipinski definition) is 4. The highest BCUT2D eigenvalue weighted by Crippen LogP contribution is 2.36. The predicted molar refractivity (Wildman–Crippen MR) is 74.9 cm³/mol. The van der Waals surface area contributed by atoms with E-state index >= 15 is 0 Å². The van der Waals surface area contributed by atoms with Crippen molar-refractivity contribution in [3.05, 3.63) is 33.6 Å². The van der Waals surface area contributed by atoms with Gasteiger partial charge in [-0.25, -0.2) is 13.1 Å². The molecule has 21 heavy (non-hydrogen) atoms. The molecule has 1 saturated carbocycles. The zero-order valence-electron chi connectivity index (χ0n) is 11.8. The predicted octanol–water partition coefficient (Wildman–Crippen LogP) is 2.51. The molecule has 6 nitrogen and oxygen atoms in total. The molecule has 2 rings (SSSR count). The number of nitro groups is 1. The van der Waals surface area contributed by atoms with Crippen LogP contribution in [-0.2, 0) is 10.0 Å². The molecule has 116 valence electrons. The third kappa shape index (κ3) is 3.38. The standard InChI is InChI=1S/C13H17FN2O4S/c1-3-4-9-6-11(9)15-21(19,20)13-7-12(16(17)18)10(14)5-8(13)2/h5,7,9,11,15H,3-4,6H2,1-2H3. The van der Waals surface area contributed by atoms with Crippen LogP contribution in [0.5, 0.6) is 0 Å². The van der Waals surface area contributed by atoms with Gasteiger partial charge in [0.25, 0.3) is 0 Å². The molecule has 0 bridgehead atoms. The first-order chi connectivity index (χ1) is 9.76. The van der Waals surface area contributed by atoms with Crippen molar-refractivity contribution in [3.63, 3.8) is 0 Å². The van der Waals surface area contributed by atoms with Crippen molar-refractivity contribution in [1.29, 1.82) is 0 Å². The van der Waals surface area contributed by atoms with Crippen LogP contribution >= 0.6 is 0 Å². The van der Waals surface area contributed by atoms with Gasteiger partial charge in [-0.05, 0) is 37.3 Å². The van der Waals surface area contributed by atoms with Gasteiger partial charge in [0.05, 0.1) is 9.82 Å². The molecule has 0 aromatic heterocycles. The molecule has 1 N–H and O–H groups in total. The van der Waals surface area contributed by atoms with Crippen molar-refractivity contribution in [2.45, 2.75) is 44.0 Å². The van der Waals surface area contributed by atoms with E-state index in [0.717, 1.165) is 31.4 Å². The van der Waals surface area contributed by atoms with Gasteiger partial charge in [-0.15, -0.1) is 0 Å². The minimum atomic E-state index is -3.87. The van der Waals surface area contributed by atoms with E-state index in [0.29, 0.717) is 5.92 Å². The third-order valence-corrected chi connectivity index (χ3v) is 5.25. The highest BCUT2D eigenvalue weighted by atomic mass is 32.2. The van der Waals surface area contributed by atoms with Gasteiger partial charge in [-0.1, -0.05) is 13.3 Å². The van der Waals surface area contributed by atoms with Crippen LogP contribution in [0.2, 0.25) is 0 Å². The third-order valence-electron chi connectivity index (χ3n) is 3.62. The average molecular weight is 316 g/mol. The fraction of sp³-hybridized carbons (Fsp3) is 0.538. The Labute approximate surface area is 122 Å². The maximum Gasteiger partial charge on any atom is 0.306 e.